The summed E-state index contributed by atoms with van der Waals surface area (Å²) < 4.78 is 117. The van der Waals surface area contributed by atoms with Gasteiger partial charge in [-0.15, -0.1) is 0 Å². The lowest BCUT2D eigenvalue weighted by Crippen LogP contribution is -2.53. The predicted molar refractivity (Wildman–Crippen MR) is 143 cm³/mol. The average Bonchev–Trinajstić information content (AvgIpc) is 2.81. The molecule has 1 aliphatic rings. The van der Waals surface area contributed by atoms with Crippen LogP contribution in [0.5, 0.6) is 0 Å². The Morgan fingerprint density at radius 1 is 0.950 bits per heavy atom. The second-order valence-corrected chi connectivity index (χ2v) is 15.5. The van der Waals surface area contributed by atoms with Gasteiger partial charge in [-0.25, -0.2) is 8.42 Å². The number of anilines is 1. The molecule has 1 unspecified atom stereocenters. The van der Waals surface area contributed by atoms with E-state index in [1.165, 1.54) is 9.80 Å². The van der Waals surface area contributed by atoms with Gasteiger partial charge in [-0.1, -0.05) is 6.92 Å². The number of nitro groups is 1. The number of hydrogen-bond donors (Lipinski definition) is 1. The first-order valence-corrected chi connectivity index (χ1v) is 18.3. The molecule has 1 aromatic rings. The molecule has 230 valence electrons. The topological polar surface area (TPSA) is 228 Å². The van der Waals surface area contributed by atoms with Gasteiger partial charge in [0.05, 0.1) is 36.3 Å². The van der Waals surface area contributed by atoms with Crippen molar-refractivity contribution in [1.29, 1.82) is 0 Å². The molecule has 1 aliphatic heterocycles. The summed E-state index contributed by atoms with van der Waals surface area (Å²) >= 11 is 0. The van der Waals surface area contributed by atoms with Crippen molar-refractivity contribution in [2.45, 2.75) is 23.6 Å². The molecule has 21 heteroatoms. The van der Waals surface area contributed by atoms with Crippen LogP contribution in [0.1, 0.15) is 13.3 Å². The fourth-order valence-corrected chi connectivity index (χ4v) is 7.48. The van der Waals surface area contributed by atoms with Gasteiger partial charge in [-0.3, -0.25) is 27.9 Å². The van der Waals surface area contributed by atoms with Crippen LogP contribution < -0.4 is 4.90 Å². The van der Waals surface area contributed by atoms with Crippen LogP contribution in [-0.4, -0.2) is 123 Å². The van der Waals surface area contributed by atoms with Gasteiger partial charge in [0.15, 0.2) is 0 Å². The first-order chi connectivity index (χ1) is 18.3. The fourth-order valence-electron chi connectivity index (χ4n) is 4.06. The van der Waals surface area contributed by atoms with E-state index in [1.54, 1.807) is 6.92 Å². The van der Waals surface area contributed by atoms with Gasteiger partial charge in [-0.2, -0.15) is 29.6 Å². The highest BCUT2D eigenvalue weighted by Gasteiger charge is 2.37. The molecule has 40 heavy (non-hydrogen) atoms. The van der Waals surface area contributed by atoms with Crippen molar-refractivity contribution in [2.75, 3.05) is 69.9 Å². The van der Waals surface area contributed by atoms with Crippen LogP contribution in [0.25, 0.3) is 0 Å². The van der Waals surface area contributed by atoms with Crippen LogP contribution >= 0.6 is 0 Å². The highest BCUT2D eigenvalue weighted by molar-refractivity contribution is 7.89. The Morgan fingerprint density at radius 2 is 1.45 bits per heavy atom. The lowest BCUT2D eigenvalue weighted by molar-refractivity contribution is -0.385. The first kappa shape index (κ1) is 34.2. The van der Waals surface area contributed by atoms with Crippen LogP contribution in [0.3, 0.4) is 0 Å². The van der Waals surface area contributed by atoms with Crippen LogP contribution in [0, 0.1) is 10.1 Å². The van der Waals surface area contributed by atoms with E-state index in [0.29, 0.717) is 0 Å². The van der Waals surface area contributed by atoms with Gasteiger partial charge in [0.2, 0.25) is 10.0 Å². The van der Waals surface area contributed by atoms with Gasteiger partial charge < -0.3 is 4.90 Å². The Morgan fingerprint density at radius 3 is 1.85 bits per heavy atom. The molecule has 1 aromatic carbocycles. The average molecular weight is 653 g/mol. The number of non-ortho nitro benzene ring substituents is 1. The van der Waals surface area contributed by atoms with E-state index in [1.807, 2.05) is 0 Å². The van der Waals surface area contributed by atoms with E-state index in [9.17, 15) is 48.3 Å². The Labute approximate surface area is 233 Å². The van der Waals surface area contributed by atoms with E-state index in [2.05, 4.69) is 0 Å². The molecule has 17 nitrogen and oxygen atoms in total. The number of nitro benzene ring substituents is 1. The molecular formula is C19H32N4O13S4. The first-order valence-electron chi connectivity index (χ1n) is 11.7. The molecule has 1 N–H and O–H groups in total. The molecule has 1 heterocycles. The van der Waals surface area contributed by atoms with Gasteiger partial charge in [0.25, 0.3) is 36.0 Å². The fraction of sp³-hybridized carbons (Fsp3) is 0.684. The Bertz CT molecular complexity index is 1450. The maximum absolute atomic E-state index is 13.7. The van der Waals surface area contributed by atoms with Crippen molar-refractivity contribution in [3.8, 4) is 0 Å². The summed E-state index contributed by atoms with van der Waals surface area (Å²) in [6.07, 6.45) is 1.66. The van der Waals surface area contributed by atoms with E-state index < -0.39 is 74.5 Å². The van der Waals surface area contributed by atoms with Crippen LogP contribution in [0.4, 0.5) is 11.4 Å². The van der Waals surface area contributed by atoms with E-state index in [-0.39, 0.29) is 51.4 Å². The lowest BCUT2D eigenvalue weighted by atomic mass is 10.2. The second-order valence-electron chi connectivity index (χ2n) is 8.77. The molecule has 0 amide bonds. The molecule has 0 aromatic heterocycles. The van der Waals surface area contributed by atoms with E-state index in [0.717, 1.165) is 35.0 Å². The van der Waals surface area contributed by atoms with Gasteiger partial charge in [-0.05, 0) is 12.5 Å². The van der Waals surface area contributed by atoms with Gasteiger partial charge in [0.1, 0.15) is 10.3 Å². The van der Waals surface area contributed by atoms with Crippen LogP contribution in [-0.2, 0) is 48.7 Å². The smallest absolute Gasteiger partial charge is 0.281 e. The molecule has 1 atom stereocenters. The molecule has 0 aliphatic carbocycles. The quantitative estimate of drug-likeness (QED) is 0.107. The van der Waals surface area contributed by atoms with Crippen molar-refractivity contribution in [1.82, 2.24) is 9.21 Å². The van der Waals surface area contributed by atoms with Gasteiger partial charge in [0, 0.05) is 51.4 Å². The molecule has 0 spiro atoms. The summed E-state index contributed by atoms with van der Waals surface area (Å²) in [5, 5.41) is 10.2. The van der Waals surface area contributed by atoms with Crippen LogP contribution in [0.15, 0.2) is 23.1 Å². The van der Waals surface area contributed by atoms with Crippen molar-refractivity contribution < 1.29 is 51.5 Å². The third kappa shape index (κ3) is 9.83. The number of sulfonamides is 1. The number of piperazine rings is 1. The molecule has 0 radical (unpaired) electrons. The minimum atomic E-state index is -4.46. The lowest BCUT2D eigenvalue weighted by Gasteiger charge is -2.37. The Kier molecular flexibility index (Phi) is 11.4. The summed E-state index contributed by atoms with van der Waals surface area (Å²) in [5.41, 5.74) is -0.662. The second kappa shape index (κ2) is 13.3. The van der Waals surface area contributed by atoms with Crippen molar-refractivity contribution in [3.63, 3.8) is 0 Å². The minimum absolute atomic E-state index is 0.0562. The third-order valence-corrected chi connectivity index (χ3v) is 10.2. The largest absolute Gasteiger partial charge is 0.366 e. The van der Waals surface area contributed by atoms with Crippen molar-refractivity contribution in [2.24, 2.45) is 0 Å². The SMILES string of the molecule is CCC(N1CCN(S(=O)(=O)c2cc([N+](=O)[O-])ccc2N(CCOS(C)(=O)=O)CCOS(C)(=O)=O)CC1)S(=O)(=O)O. The zero-order chi connectivity index (χ0) is 30.5. The molecule has 0 saturated carbocycles. The Balaban J connectivity index is 2.47. The van der Waals surface area contributed by atoms with E-state index in [4.69, 9.17) is 8.37 Å². The molecule has 1 saturated heterocycles. The summed E-state index contributed by atoms with van der Waals surface area (Å²) in [5.74, 6) is 0. The summed E-state index contributed by atoms with van der Waals surface area (Å²) in [6.45, 7) is -0.419. The number of nitrogens with zero attached hydrogens (tertiary/aromatic N) is 4. The van der Waals surface area contributed by atoms with Crippen molar-refractivity contribution in [3.05, 3.63) is 28.3 Å². The third-order valence-electron chi connectivity index (χ3n) is 5.80. The maximum Gasteiger partial charge on any atom is 0.281 e. The monoisotopic (exact) mass is 652 g/mol. The molecule has 2 rings (SSSR count). The predicted octanol–water partition coefficient (Wildman–Crippen LogP) is -0.716. The Hall–Kier alpha value is -1.98. The summed E-state index contributed by atoms with van der Waals surface area (Å²) in [4.78, 5) is 12.8. The number of benzene rings is 1. The van der Waals surface area contributed by atoms with E-state index >= 15 is 0 Å². The maximum atomic E-state index is 13.7. The van der Waals surface area contributed by atoms with Gasteiger partial charge >= 0.3 is 0 Å². The summed E-state index contributed by atoms with van der Waals surface area (Å²) in [7, 11) is -16.6. The number of rotatable bonds is 15. The highest BCUT2D eigenvalue weighted by Crippen LogP contribution is 2.32. The molecule has 0 bridgehead atoms. The summed E-state index contributed by atoms with van der Waals surface area (Å²) in [6, 6.07) is 2.99. The number of hydrogen-bond acceptors (Lipinski definition) is 14. The normalized spacial score (nSPS) is 17.0. The standard InChI is InChI=1S/C19H32N4O13S4/c1-4-19(40(32,33)34)21-7-9-22(10-8-21)39(30,31)18-15-16(23(24)25)5-6-17(18)20(11-13-35-37(2,26)27)12-14-36-38(3,28)29/h5-6,15,19H,4,7-14H2,1-3H3,(H,32,33,34). The zero-order valence-electron chi connectivity index (χ0n) is 21.9. The van der Waals surface area contributed by atoms with Crippen molar-refractivity contribution >= 4 is 51.8 Å². The minimum Gasteiger partial charge on any atom is -0.366 e. The molecular weight excluding hydrogens is 620 g/mol. The molecule has 1 fully saturated rings. The zero-order valence-corrected chi connectivity index (χ0v) is 25.2. The van der Waals surface area contributed by atoms with Crippen LogP contribution in [0.2, 0.25) is 0 Å². The highest BCUT2D eigenvalue weighted by atomic mass is 32.2.